The number of anilines is 1. The summed E-state index contributed by atoms with van der Waals surface area (Å²) in [6.45, 7) is 3.21. The van der Waals surface area contributed by atoms with Crippen LogP contribution in [0.15, 0.2) is 54.6 Å². The Bertz CT molecular complexity index is 1100. The first kappa shape index (κ1) is 23.1. The smallest absolute Gasteiger partial charge is 0.350 e. The lowest BCUT2D eigenvalue weighted by molar-refractivity contribution is -0.121. The molecule has 0 radical (unpaired) electrons. The minimum absolute atomic E-state index is 0.128. The van der Waals surface area contributed by atoms with Gasteiger partial charge in [0.15, 0.2) is 11.7 Å². The van der Waals surface area contributed by atoms with Crippen molar-refractivity contribution in [3.63, 3.8) is 0 Å². The standard InChI is InChI=1S/C23H21FN2O5S/c1-3-30-22(29)20-15(2)25-23(32-20)26(13-16-7-5-4-6-8-16)19(27)14-31-21(28)17-9-11-18(24)12-10-17/h4-12H,3,13-14H2,1-2H3. The maximum atomic E-state index is 13.1. The summed E-state index contributed by atoms with van der Waals surface area (Å²) in [5.41, 5.74) is 1.40. The molecule has 0 aliphatic heterocycles. The highest BCUT2D eigenvalue weighted by atomic mass is 32.1. The fourth-order valence-corrected chi connectivity index (χ4v) is 3.76. The first-order valence-corrected chi connectivity index (χ1v) is 10.6. The van der Waals surface area contributed by atoms with E-state index in [9.17, 15) is 18.8 Å². The molecule has 9 heteroatoms. The molecule has 0 atom stereocenters. The number of carbonyl (C=O) groups is 3. The van der Waals surface area contributed by atoms with Gasteiger partial charge in [0.05, 0.1) is 24.4 Å². The van der Waals surface area contributed by atoms with Crippen molar-refractivity contribution in [1.82, 2.24) is 4.98 Å². The van der Waals surface area contributed by atoms with E-state index < -0.39 is 30.3 Å². The molecule has 1 aromatic heterocycles. The Labute approximate surface area is 188 Å². The lowest BCUT2D eigenvalue weighted by Crippen LogP contribution is -2.34. The third kappa shape index (κ3) is 5.76. The van der Waals surface area contributed by atoms with Crippen molar-refractivity contribution in [3.05, 3.63) is 82.1 Å². The first-order chi connectivity index (χ1) is 15.4. The zero-order chi connectivity index (χ0) is 23.1. The highest BCUT2D eigenvalue weighted by molar-refractivity contribution is 7.17. The average molecular weight is 456 g/mol. The summed E-state index contributed by atoms with van der Waals surface area (Å²) in [7, 11) is 0. The Hall–Kier alpha value is -3.59. The molecule has 2 aromatic carbocycles. The lowest BCUT2D eigenvalue weighted by atomic mass is 10.2. The van der Waals surface area contributed by atoms with E-state index in [1.807, 2.05) is 30.3 Å². The van der Waals surface area contributed by atoms with E-state index in [2.05, 4.69) is 4.98 Å². The number of carbonyl (C=O) groups excluding carboxylic acids is 3. The van der Waals surface area contributed by atoms with Crippen LogP contribution in [-0.2, 0) is 20.8 Å². The Morgan fingerprint density at radius 1 is 1.00 bits per heavy atom. The van der Waals surface area contributed by atoms with Crippen molar-refractivity contribution < 1.29 is 28.2 Å². The van der Waals surface area contributed by atoms with Gasteiger partial charge in [-0.05, 0) is 43.7 Å². The summed E-state index contributed by atoms with van der Waals surface area (Å²) in [5, 5.41) is 0.289. The molecule has 32 heavy (non-hydrogen) atoms. The molecule has 0 unspecified atom stereocenters. The van der Waals surface area contributed by atoms with Crippen LogP contribution in [-0.4, -0.2) is 36.0 Å². The number of aryl methyl sites for hydroxylation is 1. The topological polar surface area (TPSA) is 85.8 Å². The number of aromatic nitrogens is 1. The van der Waals surface area contributed by atoms with Crippen LogP contribution in [0.4, 0.5) is 9.52 Å². The molecule has 3 rings (SSSR count). The molecule has 0 N–H and O–H groups in total. The van der Waals surface area contributed by atoms with Crippen LogP contribution in [0.1, 0.15) is 38.2 Å². The number of thiazole rings is 1. The molecule has 166 valence electrons. The van der Waals surface area contributed by atoms with Crippen LogP contribution in [0, 0.1) is 12.7 Å². The maximum absolute atomic E-state index is 13.1. The third-order valence-corrected chi connectivity index (χ3v) is 5.53. The molecule has 3 aromatic rings. The lowest BCUT2D eigenvalue weighted by Gasteiger charge is -2.20. The van der Waals surface area contributed by atoms with Crippen molar-refractivity contribution in [3.8, 4) is 0 Å². The molecule has 0 saturated heterocycles. The van der Waals surface area contributed by atoms with Gasteiger partial charge in [-0.25, -0.2) is 19.0 Å². The number of halogens is 1. The van der Waals surface area contributed by atoms with Gasteiger partial charge < -0.3 is 9.47 Å². The van der Waals surface area contributed by atoms with Crippen molar-refractivity contribution in [2.24, 2.45) is 0 Å². The number of hydrogen-bond donors (Lipinski definition) is 0. The normalized spacial score (nSPS) is 10.5. The van der Waals surface area contributed by atoms with E-state index in [1.165, 1.54) is 17.0 Å². The Balaban J connectivity index is 1.80. The van der Waals surface area contributed by atoms with E-state index in [1.54, 1.807) is 13.8 Å². The van der Waals surface area contributed by atoms with Crippen molar-refractivity contribution >= 4 is 34.3 Å². The first-order valence-electron chi connectivity index (χ1n) is 9.80. The van der Waals surface area contributed by atoms with Gasteiger partial charge in [0.1, 0.15) is 10.7 Å². The summed E-state index contributed by atoms with van der Waals surface area (Å²) in [6.07, 6.45) is 0. The second-order valence-electron chi connectivity index (χ2n) is 6.68. The quantitative estimate of drug-likeness (QED) is 0.473. The SMILES string of the molecule is CCOC(=O)c1sc(N(Cc2ccccc2)C(=O)COC(=O)c2ccc(F)cc2)nc1C. The van der Waals surface area contributed by atoms with Gasteiger partial charge >= 0.3 is 11.9 Å². The number of amides is 1. The van der Waals surface area contributed by atoms with Crippen LogP contribution in [0.25, 0.3) is 0 Å². The second-order valence-corrected chi connectivity index (χ2v) is 7.66. The van der Waals surface area contributed by atoms with Crippen molar-refractivity contribution in [2.45, 2.75) is 20.4 Å². The number of ether oxygens (including phenoxy) is 2. The third-order valence-electron chi connectivity index (χ3n) is 4.37. The molecule has 0 aliphatic carbocycles. The van der Waals surface area contributed by atoms with Crippen molar-refractivity contribution in [2.75, 3.05) is 18.1 Å². The molecule has 0 fully saturated rings. The fraction of sp³-hybridized carbons (Fsp3) is 0.217. The number of rotatable bonds is 8. The van der Waals surface area contributed by atoms with Gasteiger partial charge in [-0.2, -0.15) is 0 Å². The number of hydrogen-bond acceptors (Lipinski definition) is 7. The average Bonchev–Trinajstić information content (AvgIpc) is 3.18. The molecule has 1 heterocycles. The van der Waals surface area contributed by atoms with E-state index >= 15 is 0 Å². The summed E-state index contributed by atoms with van der Waals surface area (Å²) in [6, 6.07) is 14.0. The van der Waals surface area contributed by atoms with Gasteiger partial charge in [0.2, 0.25) is 0 Å². The van der Waals surface area contributed by atoms with E-state index in [4.69, 9.17) is 9.47 Å². The summed E-state index contributed by atoms with van der Waals surface area (Å²) in [4.78, 5) is 43.4. The molecule has 0 spiro atoms. The Morgan fingerprint density at radius 2 is 1.69 bits per heavy atom. The number of benzene rings is 2. The van der Waals surface area contributed by atoms with Crippen LogP contribution < -0.4 is 4.90 Å². The monoisotopic (exact) mass is 456 g/mol. The largest absolute Gasteiger partial charge is 0.462 e. The minimum atomic E-state index is -0.749. The van der Waals surface area contributed by atoms with Gasteiger partial charge in [-0.3, -0.25) is 9.69 Å². The van der Waals surface area contributed by atoms with Crippen molar-refractivity contribution in [1.29, 1.82) is 0 Å². The molecule has 0 saturated carbocycles. The van der Waals surface area contributed by atoms with Gasteiger partial charge in [0.25, 0.3) is 5.91 Å². The predicted molar refractivity (Wildman–Crippen MR) is 117 cm³/mol. The van der Waals surface area contributed by atoms with Crippen LogP contribution in [0.3, 0.4) is 0 Å². The second kappa shape index (κ2) is 10.6. The maximum Gasteiger partial charge on any atom is 0.350 e. The highest BCUT2D eigenvalue weighted by Gasteiger charge is 2.25. The van der Waals surface area contributed by atoms with E-state index in [-0.39, 0.29) is 23.8 Å². The van der Waals surface area contributed by atoms with Crippen LogP contribution >= 0.6 is 11.3 Å². The summed E-state index contributed by atoms with van der Waals surface area (Å²) in [5.74, 6) is -2.26. The number of esters is 2. The van der Waals surface area contributed by atoms with Crippen LogP contribution in [0.2, 0.25) is 0 Å². The molecular weight excluding hydrogens is 435 g/mol. The molecule has 7 nitrogen and oxygen atoms in total. The zero-order valence-electron chi connectivity index (χ0n) is 17.5. The summed E-state index contributed by atoms with van der Waals surface area (Å²) < 4.78 is 23.2. The Kier molecular flexibility index (Phi) is 7.67. The van der Waals surface area contributed by atoms with Gasteiger partial charge in [-0.1, -0.05) is 41.7 Å². The molecule has 0 bridgehead atoms. The van der Waals surface area contributed by atoms with E-state index in [0.717, 1.165) is 29.0 Å². The summed E-state index contributed by atoms with van der Waals surface area (Å²) >= 11 is 1.03. The fourth-order valence-electron chi connectivity index (χ4n) is 2.79. The zero-order valence-corrected chi connectivity index (χ0v) is 18.4. The van der Waals surface area contributed by atoms with Gasteiger partial charge in [0, 0.05) is 0 Å². The predicted octanol–water partition coefficient (Wildman–Crippen LogP) is 4.16. The minimum Gasteiger partial charge on any atom is -0.462 e. The highest BCUT2D eigenvalue weighted by Crippen LogP contribution is 2.28. The van der Waals surface area contributed by atoms with Gasteiger partial charge in [-0.15, -0.1) is 0 Å². The van der Waals surface area contributed by atoms with Crippen LogP contribution in [0.5, 0.6) is 0 Å². The molecule has 0 aliphatic rings. The number of nitrogens with zero attached hydrogens (tertiary/aromatic N) is 2. The van der Waals surface area contributed by atoms with E-state index in [0.29, 0.717) is 10.6 Å². The molecule has 1 amide bonds. The Morgan fingerprint density at radius 3 is 2.34 bits per heavy atom. The molecular formula is C23H21FN2O5S.